The second-order valence-corrected chi connectivity index (χ2v) is 7.30. The van der Waals surface area contributed by atoms with Gasteiger partial charge in [-0.3, -0.25) is 0 Å². The second-order valence-electron chi connectivity index (χ2n) is 7.30. The van der Waals surface area contributed by atoms with Crippen LogP contribution in [-0.2, 0) is 18.9 Å². The summed E-state index contributed by atoms with van der Waals surface area (Å²) in [6.07, 6.45) is 5.03. The zero-order chi connectivity index (χ0) is 14.8. The molecule has 118 valence electrons. The molecule has 0 unspecified atom stereocenters. The summed E-state index contributed by atoms with van der Waals surface area (Å²) in [7, 11) is 1.59. The van der Waals surface area contributed by atoms with Gasteiger partial charge in [0.15, 0.2) is 5.79 Å². The SMILES string of the molecule is COCOC[C@]12OC(C)(C)O[C@H]1[C@H]1[C@H]([C@H]3C=C[C@@H]1C3)[C@@H]2O. The van der Waals surface area contributed by atoms with Gasteiger partial charge in [-0.2, -0.15) is 0 Å². The van der Waals surface area contributed by atoms with E-state index in [1.165, 1.54) is 0 Å². The van der Waals surface area contributed by atoms with Gasteiger partial charge in [-0.15, -0.1) is 0 Å². The highest BCUT2D eigenvalue weighted by molar-refractivity contribution is 5.26. The predicted octanol–water partition coefficient (Wildman–Crippen LogP) is 1.31. The van der Waals surface area contributed by atoms with Crippen LogP contribution in [0.15, 0.2) is 12.2 Å². The van der Waals surface area contributed by atoms with E-state index < -0.39 is 17.5 Å². The molecule has 0 aromatic carbocycles. The van der Waals surface area contributed by atoms with Crippen LogP contribution in [0.2, 0.25) is 0 Å². The first kappa shape index (κ1) is 14.2. The molecule has 7 atom stereocenters. The van der Waals surface area contributed by atoms with Crippen molar-refractivity contribution >= 4 is 0 Å². The molecule has 0 amide bonds. The molecule has 0 spiro atoms. The molecule has 1 N–H and O–H groups in total. The zero-order valence-corrected chi connectivity index (χ0v) is 12.8. The standard InChI is InChI=1S/C16H24O5/c1-15(2)20-14-12-10-5-4-9(6-10)11(12)13(17)16(14,21-15)7-19-8-18-3/h4-5,9-14,17H,6-8H2,1-3H3/t9-,10+,11-,12+,13-,14-,16+/m0/s1. The van der Waals surface area contributed by atoms with Crippen LogP contribution in [0.5, 0.6) is 0 Å². The normalized spacial score (nSPS) is 52.4. The summed E-state index contributed by atoms with van der Waals surface area (Å²) in [5, 5.41) is 11.0. The third kappa shape index (κ3) is 1.82. The summed E-state index contributed by atoms with van der Waals surface area (Å²) in [6, 6.07) is 0. The van der Waals surface area contributed by atoms with Gasteiger partial charge in [-0.25, -0.2) is 0 Å². The summed E-state index contributed by atoms with van der Waals surface area (Å²) >= 11 is 0. The van der Waals surface area contributed by atoms with Crippen molar-refractivity contribution in [3.05, 3.63) is 12.2 Å². The number of aliphatic hydroxyl groups excluding tert-OH is 1. The Hall–Kier alpha value is -0.460. The first-order chi connectivity index (χ1) is 9.98. The van der Waals surface area contributed by atoms with Crippen molar-refractivity contribution in [1.82, 2.24) is 0 Å². The van der Waals surface area contributed by atoms with Crippen molar-refractivity contribution in [3.63, 3.8) is 0 Å². The Morgan fingerprint density at radius 3 is 2.67 bits per heavy atom. The van der Waals surface area contributed by atoms with Crippen LogP contribution in [0.4, 0.5) is 0 Å². The maximum absolute atomic E-state index is 11.0. The molecule has 1 aliphatic heterocycles. The summed E-state index contributed by atoms with van der Waals surface area (Å²) in [5.41, 5.74) is -0.764. The third-order valence-corrected chi connectivity index (χ3v) is 5.65. The van der Waals surface area contributed by atoms with Gasteiger partial charge in [0.05, 0.1) is 18.8 Å². The molecular weight excluding hydrogens is 272 g/mol. The van der Waals surface area contributed by atoms with Crippen molar-refractivity contribution in [2.45, 2.75) is 43.9 Å². The first-order valence-corrected chi connectivity index (χ1v) is 7.79. The zero-order valence-electron chi connectivity index (χ0n) is 12.8. The van der Waals surface area contributed by atoms with Gasteiger partial charge in [0, 0.05) is 18.9 Å². The maximum atomic E-state index is 11.0. The molecule has 21 heavy (non-hydrogen) atoms. The van der Waals surface area contributed by atoms with Crippen molar-refractivity contribution in [1.29, 1.82) is 0 Å². The molecule has 2 saturated carbocycles. The molecule has 0 aromatic rings. The third-order valence-electron chi connectivity index (χ3n) is 5.65. The van der Waals surface area contributed by atoms with E-state index in [0.717, 1.165) is 6.42 Å². The lowest BCUT2D eigenvalue weighted by Crippen LogP contribution is -2.52. The summed E-state index contributed by atoms with van der Waals surface area (Å²) in [5.74, 6) is 0.838. The van der Waals surface area contributed by atoms with Crippen LogP contribution in [0.3, 0.4) is 0 Å². The molecule has 3 aliphatic carbocycles. The van der Waals surface area contributed by atoms with E-state index in [9.17, 15) is 5.11 Å². The van der Waals surface area contributed by atoms with E-state index in [2.05, 4.69) is 12.2 Å². The predicted molar refractivity (Wildman–Crippen MR) is 74.3 cm³/mol. The van der Waals surface area contributed by atoms with E-state index in [1.807, 2.05) is 13.8 Å². The molecule has 4 rings (SSSR count). The van der Waals surface area contributed by atoms with E-state index in [0.29, 0.717) is 24.4 Å². The van der Waals surface area contributed by atoms with Crippen LogP contribution in [0.1, 0.15) is 20.3 Å². The number of methoxy groups -OCH3 is 1. The molecule has 4 aliphatic rings. The minimum atomic E-state index is -0.764. The fraction of sp³-hybridized carbons (Fsp3) is 0.875. The lowest BCUT2D eigenvalue weighted by Gasteiger charge is -2.34. The van der Waals surface area contributed by atoms with Gasteiger partial charge >= 0.3 is 0 Å². The van der Waals surface area contributed by atoms with Crippen LogP contribution in [0, 0.1) is 23.7 Å². The molecule has 5 heteroatoms. The second kappa shape index (κ2) is 4.52. The Bertz CT molecular complexity index is 462. The Morgan fingerprint density at radius 2 is 1.95 bits per heavy atom. The number of rotatable bonds is 4. The smallest absolute Gasteiger partial charge is 0.164 e. The Labute approximate surface area is 125 Å². The number of ether oxygens (including phenoxy) is 4. The van der Waals surface area contributed by atoms with Crippen molar-refractivity contribution in [2.75, 3.05) is 20.5 Å². The van der Waals surface area contributed by atoms with Gasteiger partial charge in [0.25, 0.3) is 0 Å². The van der Waals surface area contributed by atoms with Crippen LogP contribution in [0.25, 0.3) is 0 Å². The molecular formula is C16H24O5. The summed E-state index contributed by atoms with van der Waals surface area (Å²) in [4.78, 5) is 0. The highest BCUT2D eigenvalue weighted by Crippen LogP contribution is 2.63. The maximum Gasteiger partial charge on any atom is 0.164 e. The highest BCUT2D eigenvalue weighted by atomic mass is 16.8. The molecule has 3 fully saturated rings. The van der Waals surface area contributed by atoms with E-state index in [-0.39, 0.29) is 18.8 Å². The van der Waals surface area contributed by atoms with Crippen LogP contribution in [-0.4, -0.2) is 49.2 Å². The Morgan fingerprint density at radius 1 is 1.24 bits per heavy atom. The Kier molecular flexibility index (Phi) is 3.05. The fourth-order valence-electron chi connectivity index (χ4n) is 5.16. The van der Waals surface area contributed by atoms with Gasteiger partial charge in [-0.05, 0) is 32.1 Å². The largest absolute Gasteiger partial charge is 0.390 e. The number of allylic oxidation sites excluding steroid dienone is 2. The van der Waals surface area contributed by atoms with Crippen molar-refractivity contribution in [3.8, 4) is 0 Å². The topological polar surface area (TPSA) is 57.2 Å². The Balaban J connectivity index is 1.66. The lowest BCUT2D eigenvalue weighted by atomic mass is 9.84. The van der Waals surface area contributed by atoms with Crippen LogP contribution < -0.4 is 0 Å². The minimum Gasteiger partial charge on any atom is -0.390 e. The van der Waals surface area contributed by atoms with Gasteiger partial charge in [0.2, 0.25) is 0 Å². The minimum absolute atomic E-state index is 0.107. The summed E-state index contributed by atoms with van der Waals surface area (Å²) < 4.78 is 23.0. The number of aliphatic hydroxyl groups is 1. The highest BCUT2D eigenvalue weighted by Gasteiger charge is 2.72. The molecule has 2 bridgehead atoms. The van der Waals surface area contributed by atoms with E-state index >= 15 is 0 Å². The van der Waals surface area contributed by atoms with Crippen LogP contribution >= 0.6 is 0 Å². The molecule has 1 saturated heterocycles. The molecule has 0 aromatic heterocycles. The fourth-order valence-corrected chi connectivity index (χ4v) is 5.16. The molecule has 0 radical (unpaired) electrons. The number of hydrogen-bond donors (Lipinski definition) is 1. The van der Waals surface area contributed by atoms with E-state index in [4.69, 9.17) is 18.9 Å². The van der Waals surface area contributed by atoms with Gasteiger partial charge in [-0.1, -0.05) is 12.2 Å². The van der Waals surface area contributed by atoms with Crippen molar-refractivity contribution in [2.24, 2.45) is 23.7 Å². The number of fused-ring (bicyclic) bond motifs is 7. The molecule has 5 nitrogen and oxygen atoms in total. The average molecular weight is 296 g/mol. The lowest BCUT2D eigenvalue weighted by molar-refractivity contribution is -0.215. The van der Waals surface area contributed by atoms with Gasteiger partial charge < -0.3 is 24.1 Å². The number of hydrogen-bond acceptors (Lipinski definition) is 5. The first-order valence-electron chi connectivity index (χ1n) is 7.79. The summed E-state index contributed by atoms with van der Waals surface area (Å²) in [6.45, 7) is 4.33. The quantitative estimate of drug-likeness (QED) is 0.481. The molecule has 1 heterocycles. The van der Waals surface area contributed by atoms with Crippen molar-refractivity contribution < 1.29 is 24.1 Å². The monoisotopic (exact) mass is 296 g/mol. The van der Waals surface area contributed by atoms with Gasteiger partial charge in [0.1, 0.15) is 12.4 Å². The average Bonchev–Trinajstić information content (AvgIpc) is 3.12. The van der Waals surface area contributed by atoms with E-state index in [1.54, 1.807) is 7.11 Å².